The first-order valence-corrected chi connectivity index (χ1v) is 6.98. The van der Waals surface area contributed by atoms with E-state index in [0.29, 0.717) is 0 Å². The van der Waals surface area contributed by atoms with E-state index < -0.39 is 0 Å². The van der Waals surface area contributed by atoms with Gasteiger partial charge in [-0.15, -0.1) is 0 Å². The van der Waals surface area contributed by atoms with Crippen molar-refractivity contribution in [1.82, 2.24) is 0 Å². The van der Waals surface area contributed by atoms with Crippen LogP contribution in [0, 0.1) is 20.8 Å². The first-order chi connectivity index (χ1) is 8.79. The summed E-state index contributed by atoms with van der Waals surface area (Å²) in [6.07, 6.45) is 0. The van der Waals surface area contributed by atoms with Crippen molar-refractivity contribution >= 4 is 0 Å². The summed E-state index contributed by atoms with van der Waals surface area (Å²) >= 11 is 0. The van der Waals surface area contributed by atoms with E-state index in [1.165, 1.54) is 33.4 Å². The van der Waals surface area contributed by atoms with Gasteiger partial charge in [0, 0.05) is 0 Å². The van der Waals surface area contributed by atoms with Gasteiger partial charge in [-0.2, -0.15) is 0 Å². The van der Waals surface area contributed by atoms with Crippen LogP contribution in [0.1, 0.15) is 43.0 Å². The van der Waals surface area contributed by atoms with Crippen LogP contribution in [0.2, 0.25) is 0 Å². The average molecular weight is 252 g/mol. The minimum atomic E-state index is 0.220. The zero-order chi connectivity index (χ0) is 14.2. The Hall–Kier alpha value is -1.56. The van der Waals surface area contributed by atoms with Crippen LogP contribution in [0.25, 0.3) is 11.1 Å². The highest BCUT2D eigenvalue weighted by Crippen LogP contribution is 2.28. The van der Waals surface area contributed by atoms with Crippen LogP contribution in [-0.4, -0.2) is 0 Å². The summed E-state index contributed by atoms with van der Waals surface area (Å²) in [6, 6.07) is 13.6. The van der Waals surface area contributed by atoms with E-state index in [0.717, 1.165) is 0 Å². The Balaban J connectivity index is 2.43. The van der Waals surface area contributed by atoms with Crippen molar-refractivity contribution in [3.05, 3.63) is 58.7 Å². The summed E-state index contributed by atoms with van der Waals surface area (Å²) in [6.45, 7) is 13.3. The fourth-order valence-electron chi connectivity index (χ4n) is 2.37. The molecule has 2 aromatic rings. The van der Waals surface area contributed by atoms with Crippen molar-refractivity contribution in [3.63, 3.8) is 0 Å². The van der Waals surface area contributed by atoms with Crippen molar-refractivity contribution < 1.29 is 0 Å². The molecule has 0 N–H and O–H groups in total. The summed E-state index contributed by atoms with van der Waals surface area (Å²) in [7, 11) is 0. The SMILES string of the molecule is Cc1cc(-c2ccc(C(C)(C)C)cc2)cc(C)c1C. The average Bonchev–Trinajstić information content (AvgIpc) is 2.34. The van der Waals surface area contributed by atoms with E-state index in [1.54, 1.807) is 0 Å². The van der Waals surface area contributed by atoms with Gasteiger partial charge in [-0.1, -0.05) is 57.2 Å². The van der Waals surface area contributed by atoms with Crippen LogP contribution < -0.4 is 0 Å². The van der Waals surface area contributed by atoms with Gasteiger partial charge < -0.3 is 0 Å². The quantitative estimate of drug-likeness (QED) is 0.622. The summed E-state index contributed by atoms with van der Waals surface area (Å²) in [5.74, 6) is 0. The molecule has 0 fully saturated rings. The third-order valence-corrected chi connectivity index (χ3v) is 4.01. The molecule has 0 heterocycles. The first kappa shape index (κ1) is 13.9. The number of hydrogen-bond acceptors (Lipinski definition) is 0. The molecule has 2 rings (SSSR count). The largest absolute Gasteiger partial charge is 0.0579 e. The second-order valence-corrected chi connectivity index (χ2v) is 6.56. The lowest BCUT2D eigenvalue weighted by molar-refractivity contribution is 0.590. The molecule has 0 amide bonds. The second-order valence-electron chi connectivity index (χ2n) is 6.56. The molecule has 0 saturated heterocycles. The third kappa shape index (κ3) is 2.89. The third-order valence-electron chi connectivity index (χ3n) is 4.01. The predicted molar refractivity (Wildman–Crippen MR) is 84.8 cm³/mol. The van der Waals surface area contributed by atoms with E-state index in [1.807, 2.05) is 0 Å². The molecule has 0 aliphatic carbocycles. The van der Waals surface area contributed by atoms with Gasteiger partial charge in [0.15, 0.2) is 0 Å². The maximum atomic E-state index is 2.29. The molecule has 0 nitrogen and oxygen atoms in total. The van der Waals surface area contributed by atoms with Gasteiger partial charge in [0.2, 0.25) is 0 Å². The molecule has 0 aliphatic rings. The number of hydrogen-bond donors (Lipinski definition) is 0. The van der Waals surface area contributed by atoms with Crippen molar-refractivity contribution in [2.75, 3.05) is 0 Å². The van der Waals surface area contributed by atoms with Gasteiger partial charge in [-0.3, -0.25) is 0 Å². The molecule has 0 atom stereocenters. The molecule has 0 saturated carbocycles. The molecule has 0 spiro atoms. The van der Waals surface area contributed by atoms with E-state index in [2.05, 4.69) is 77.9 Å². The summed E-state index contributed by atoms with van der Waals surface area (Å²) in [5.41, 5.74) is 8.37. The smallest absolute Gasteiger partial charge is 0.0132 e. The van der Waals surface area contributed by atoms with Crippen LogP contribution >= 0.6 is 0 Å². The van der Waals surface area contributed by atoms with Gasteiger partial charge in [0.05, 0.1) is 0 Å². The topological polar surface area (TPSA) is 0 Å². The van der Waals surface area contributed by atoms with Gasteiger partial charge in [0.25, 0.3) is 0 Å². The lowest BCUT2D eigenvalue weighted by Crippen LogP contribution is -2.10. The normalized spacial score (nSPS) is 11.7. The molecule has 0 unspecified atom stereocenters. The van der Waals surface area contributed by atoms with Crippen molar-refractivity contribution in [2.24, 2.45) is 0 Å². The Bertz CT molecular complexity index is 557. The van der Waals surface area contributed by atoms with Crippen LogP contribution in [0.3, 0.4) is 0 Å². The van der Waals surface area contributed by atoms with Gasteiger partial charge in [-0.05, 0) is 59.6 Å². The predicted octanol–water partition coefficient (Wildman–Crippen LogP) is 5.58. The van der Waals surface area contributed by atoms with Gasteiger partial charge >= 0.3 is 0 Å². The number of rotatable bonds is 1. The number of aryl methyl sites for hydroxylation is 2. The highest BCUT2D eigenvalue weighted by molar-refractivity contribution is 5.66. The zero-order valence-electron chi connectivity index (χ0n) is 13.0. The van der Waals surface area contributed by atoms with Crippen LogP contribution in [0.4, 0.5) is 0 Å². The minimum Gasteiger partial charge on any atom is -0.0579 e. The monoisotopic (exact) mass is 252 g/mol. The van der Waals surface area contributed by atoms with Crippen molar-refractivity contribution in [3.8, 4) is 11.1 Å². The number of benzene rings is 2. The second kappa shape index (κ2) is 4.85. The summed E-state index contributed by atoms with van der Waals surface area (Å²) in [5, 5.41) is 0. The summed E-state index contributed by atoms with van der Waals surface area (Å²) < 4.78 is 0. The standard InChI is InChI=1S/C19H24/c1-13-11-17(12-14(2)15(13)3)16-7-9-18(10-8-16)19(4,5)6/h7-12H,1-6H3. The molecule has 19 heavy (non-hydrogen) atoms. The molecule has 100 valence electrons. The highest BCUT2D eigenvalue weighted by Gasteiger charge is 2.13. The highest BCUT2D eigenvalue weighted by atomic mass is 14.2. The molecule has 0 heteroatoms. The first-order valence-electron chi connectivity index (χ1n) is 6.98. The lowest BCUT2D eigenvalue weighted by atomic mass is 9.86. The Morgan fingerprint density at radius 3 is 1.58 bits per heavy atom. The van der Waals surface area contributed by atoms with Crippen LogP contribution in [0.15, 0.2) is 36.4 Å². The Morgan fingerprint density at radius 2 is 1.16 bits per heavy atom. The molecule has 2 aromatic carbocycles. The van der Waals surface area contributed by atoms with Crippen LogP contribution in [-0.2, 0) is 5.41 Å². The summed E-state index contributed by atoms with van der Waals surface area (Å²) in [4.78, 5) is 0. The van der Waals surface area contributed by atoms with Gasteiger partial charge in [0.1, 0.15) is 0 Å². The molecular weight excluding hydrogens is 228 g/mol. The van der Waals surface area contributed by atoms with E-state index in [4.69, 9.17) is 0 Å². The zero-order valence-corrected chi connectivity index (χ0v) is 13.0. The van der Waals surface area contributed by atoms with E-state index >= 15 is 0 Å². The van der Waals surface area contributed by atoms with E-state index in [-0.39, 0.29) is 5.41 Å². The van der Waals surface area contributed by atoms with Crippen LogP contribution in [0.5, 0.6) is 0 Å². The lowest BCUT2D eigenvalue weighted by Gasteiger charge is -2.19. The maximum absolute atomic E-state index is 2.29. The molecule has 0 aliphatic heterocycles. The molecule has 0 aromatic heterocycles. The Morgan fingerprint density at radius 1 is 0.684 bits per heavy atom. The van der Waals surface area contributed by atoms with Crippen molar-refractivity contribution in [1.29, 1.82) is 0 Å². The molecule has 0 radical (unpaired) electrons. The fourth-order valence-corrected chi connectivity index (χ4v) is 2.37. The Labute approximate surface area is 117 Å². The van der Waals surface area contributed by atoms with E-state index in [9.17, 15) is 0 Å². The minimum absolute atomic E-state index is 0.220. The molecular formula is C19H24. The molecule has 0 bridgehead atoms. The maximum Gasteiger partial charge on any atom is -0.0132 e. The Kier molecular flexibility index (Phi) is 3.54. The van der Waals surface area contributed by atoms with Gasteiger partial charge in [-0.25, -0.2) is 0 Å². The van der Waals surface area contributed by atoms with Crippen molar-refractivity contribution in [2.45, 2.75) is 47.0 Å². The fraction of sp³-hybridized carbons (Fsp3) is 0.368.